The Hall–Kier alpha value is -1.60. The minimum Gasteiger partial charge on any atom is -0.491 e. The summed E-state index contributed by atoms with van der Waals surface area (Å²) in [6.07, 6.45) is 1.67. The van der Waals surface area contributed by atoms with Gasteiger partial charge in [-0.3, -0.25) is 10.2 Å². The molecule has 1 unspecified atom stereocenters. The minimum absolute atomic E-state index is 0.205. The van der Waals surface area contributed by atoms with Crippen molar-refractivity contribution in [1.29, 1.82) is 0 Å². The number of hydrogen-bond acceptors (Lipinski definition) is 5. The highest BCUT2D eigenvalue weighted by atomic mass is 32.2. The molecule has 0 heterocycles. The number of ether oxygens (including phenoxy) is 1. The summed E-state index contributed by atoms with van der Waals surface area (Å²) < 4.78 is 28.4. The van der Waals surface area contributed by atoms with Crippen LogP contribution >= 0.6 is 0 Å². The summed E-state index contributed by atoms with van der Waals surface area (Å²) in [5.41, 5.74) is 2.04. The van der Waals surface area contributed by atoms with Gasteiger partial charge in [0, 0.05) is 12.7 Å². The van der Waals surface area contributed by atoms with E-state index in [0.29, 0.717) is 12.2 Å². The molecule has 7 heteroatoms. The Kier molecular flexibility index (Phi) is 5.31. The highest BCUT2D eigenvalue weighted by Crippen LogP contribution is 2.19. The van der Waals surface area contributed by atoms with Crippen LogP contribution in [0.15, 0.2) is 29.2 Å². The number of rotatable bonds is 6. The molecule has 3 N–H and O–H groups in total. The summed E-state index contributed by atoms with van der Waals surface area (Å²) in [5.74, 6) is 5.17. The first-order valence-corrected chi connectivity index (χ1v) is 7.68. The number of amides is 1. The summed E-state index contributed by atoms with van der Waals surface area (Å²) in [5, 5.41) is 0. The van der Waals surface area contributed by atoms with Crippen LogP contribution in [0.3, 0.4) is 0 Å². The second-order valence-electron chi connectivity index (χ2n) is 4.28. The molecule has 1 amide bonds. The van der Waals surface area contributed by atoms with Crippen molar-refractivity contribution in [2.45, 2.75) is 30.8 Å². The van der Waals surface area contributed by atoms with Gasteiger partial charge in [-0.1, -0.05) is 6.07 Å². The summed E-state index contributed by atoms with van der Waals surface area (Å²) in [6, 6.07) is 6.27. The number of sulfone groups is 1. The largest absolute Gasteiger partial charge is 0.491 e. The molecular weight excluding hydrogens is 268 g/mol. The van der Waals surface area contributed by atoms with Gasteiger partial charge in [-0.2, -0.15) is 0 Å². The lowest BCUT2D eigenvalue weighted by atomic mass is 10.2. The zero-order valence-corrected chi connectivity index (χ0v) is 11.7. The molecule has 1 aromatic rings. The molecule has 0 bridgehead atoms. The van der Waals surface area contributed by atoms with Gasteiger partial charge in [0.25, 0.3) is 0 Å². The van der Waals surface area contributed by atoms with Gasteiger partial charge >= 0.3 is 0 Å². The molecule has 1 rings (SSSR count). The summed E-state index contributed by atoms with van der Waals surface area (Å²) in [6.45, 7) is 1.80. The van der Waals surface area contributed by atoms with E-state index < -0.39 is 9.84 Å². The maximum atomic E-state index is 11.4. The van der Waals surface area contributed by atoms with E-state index in [2.05, 4.69) is 0 Å². The van der Waals surface area contributed by atoms with Crippen LogP contribution in [-0.4, -0.2) is 26.7 Å². The number of nitrogens with two attached hydrogens (primary N) is 1. The van der Waals surface area contributed by atoms with E-state index >= 15 is 0 Å². The predicted molar refractivity (Wildman–Crippen MR) is 71.2 cm³/mol. The van der Waals surface area contributed by atoms with Crippen molar-refractivity contribution in [3.8, 4) is 5.75 Å². The van der Waals surface area contributed by atoms with Crippen LogP contribution in [0.5, 0.6) is 5.75 Å². The van der Waals surface area contributed by atoms with Gasteiger partial charge in [0.15, 0.2) is 9.84 Å². The topological polar surface area (TPSA) is 98.5 Å². The van der Waals surface area contributed by atoms with Gasteiger partial charge in [-0.05, 0) is 31.5 Å². The molecule has 19 heavy (non-hydrogen) atoms. The number of carbonyl (C=O) groups excluding carboxylic acids is 1. The number of hydrazine groups is 1. The van der Waals surface area contributed by atoms with Crippen LogP contribution in [0.25, 0.3) is 0 Å². The number of benzene rings is 1. The molecule has 0 aliphatic carbocycles. The highest BCUT2D eigenvalue weighted by Gasteiger charge is 2.11. The van der Waals surface area contributed by atoms with E-state index in [9.17, 15) is 13.2 Å². The first-order valence-electron chi connectivity index (χ1n) is 5.79. The van der Waals surface area contributed by atoms with E-state index in [-0.39, 0.29) is 23.3 Å². The van der Waals surface area contributed by atoms with Crippen LogP contribution in [0.4, 0.5) is 0 Å². The molecule has 0 saturated carbocycles. The molecule has 0 spiro atoms. The number of hydrogen-bond donors (Lipinski definition) is 2. The van der Waals surface area contributed by atoms with E-state index in [4.69, 9.17) is 10.6 Å². The molecule has 0 radical (unpaired) electrons. The summed E-state index contributed by atoms with van der Waals surface area (Å²) >= 11 is 0. The lowest BCUT2D eigenvalue weighted by Gasteiger charge is -2.14. The van der Waals surface area contributed by atoms with Gasteiger partial charge in [0.2, 0.25) is 5.91 Å². The van der Waals surface area contributed by atoms with Crippen molar-refractivity contribution in [2.24, 2.45) is 5.84 Å². The Bertz CT molecular complexity index is 542. The minimum atomic E-state index is -3.25. The summed E-state index contributed by atoms with van der Waals surface area (Å²) in [4.78, 5) is 11.2. The van der Waals surface area contributed by atoms with Crippen molar-refractivity contribution in [2.75, 3.05) is 6.26 Å². The lowest BCUT2D eigenvalue weighted by Crippen LogP contribution is -2.30. The average Bonchev–Trinajstić information content (AvgIpc) is 2.35. The predicted octanol–water partition coefficient (Wildman–Crippen LogP) is 0.627. The molecule has 0 saturated heterocycles. The molecule has 106 valence electrons. The average molecular weight is 286 g/mol. The Balaban J connectivity index is 2.65. The van der Waals surface area contributed by atoms with Gasteiger partial charge in [0.1, 0.15) is 5.75 Å². The Morgan fingerprint density at radius 3 is 2.74 bits per heavy atom. The fraction of sp³-hybridized carbons (Fsp3) is 0.417. The van der Waals surface area contributed by atoms with Gasteiger partial charge < -0.3 is 4.74 Å². The van der Waals surface area contributed by atoms with Crippen LogP contribution in [-0.2, 0) is 14.6 Å². The van der Waals surface area contributed by atoms with Crippen molar-refractivity contribution in [1.82, 2.24) is 5.43 Å². The Morgan fingerprint density at radius 1 is 1.47 bits per heavy atom. The Morgan fingerprint density at radius 2 is 2.16 bits per heavy atom. The summed E-state index contributed by atoms with van der Waals surface area (Å²) in [7, 11) is -3.25. The maximum Gasteiger partial charge on any atom is 0.234 e. The van der Waals surface area contributed by atoms with E-state index in [1.54, 1.807) is 19.1 Å². The molecule has 1 atom stereocenters. The number of nitrogens with one attached hydrogen (secondary N) is 1. The molecule has 0 fully saturated rings. The second-order valence-corrected chi connectivity index (χ2v) is 6.30. The first-order chi connectivity index (χ1) is 8.82. The fourth-order valence-corrected chi connectivity index (χ4v) is 2.13. The molecule has 1 aromatic carbocycles. The third-order valence-corrected chi connectivity index (χ3v) is 3.62. The Labute approximate surface area is 112 Å². The smallest absolute Gasteiger partial charge is 0.234 e. The standard InChI is InChI=1S/C12H18N2O4S/c1-9(6-7-12(15)14-13)18-10-4-3-5-11(8-10)19(2,16)17/h3-5,8-9H,6-7,13H2,1-2H3,(H,14,15). The van der Waals surface area contributed by atoms with E-state index in [1.807, 2.05) is 5.43 Å². The van der Waals surface area contributed by atoms with Crippen molar-refractivity contribution >= 4 is 15.7 Å². The fourth-order valence-electron chi connectivity index (χ4n) is 1.48. The monoisotopic (exact) mass is 286 g/mol. The van der Waals surface area contributed by atoms with Crippen molar-refractivity contribution in [3.05, 3.63) is 24.3 Å². The van der Waals surface area contributed by atoms with Crippen LogP contribution in [0, 0.1) is 0 Å². The lowest BCUT2D eigenvalue weighted by molar-refractivity contribution is -0.121. The van der Waals surface area contributed by atoms with E-state index in [0.717, 1.165) is 6.26 Å². The van der Waals surface area contributed by atoms with Crippen molar-refractivity contribution < 1.29 is 17.9 Å². The van der Waals surface area contributed by atoms with Crippen LogP contribution in [0.2, 0.25) is 0 Å². The van der Waals surface area contributed by atoms with Gasteiger partial charge in [0.05, 0.1) is 11.0 Å². The second kappa shape index (κ2) is 6.53. The van der Waals surface area contributed by atoms with Crippen LogP contribution in [0.1, 0.15) is 19.8 Å². The van der Waals surface area contributed by atoms with Gasteiger partial charge in [-0.25, -0.2) is 14.3 Å². The van der Waals surface area contributed by atoms with Crippen LogP contribution < -0.4 is 16.0 Å². The molecular formula is C12H18N2O4S. The molecule has 6 nitrogen and oxygen atoms in total. The van der Waals surface area contributed by atoms with Crippen molar-refractivity contribution in [3.63, 3.8) is 0 Å². The molecule has 0 aromatic heterocycles. The quantitative estimate of drug-likeness (QED) is 0.454. The SMILES string of the molecule is CC(CCC(=O)NN)Oc1cccc(S(C)(=O)=O)c1. The molecule has 0 aliphatic rings. The third kappa shape index (κ3) is 5.27. The zero-order chi connectivity index (χ0) is 14.5. The first kappa shape index (κ1) is 15.5. The van der Waals surface area contributed by atoms with E-state index in [1.165, 1.54) is 12.1 Å². The molecule has 0 aliphatic heterocycles. The normalized spacial score (nSPS) is 12.8. The third-order valence-electron chi connectivity index (χ3n) is 2.51. The van der Waals surface area contributed by atoms with Gasteiger partial charge in [-0.15, -0.1) is 0 Å². The zero-order valence-electron chi connectivity index (χ0n) is 10.9. The highest BCUT2D eigenvalue weighted by molar-refractivity contribution is 7.90. The maximum absolute atomic E-state index is 11.4. The number of carbonyl (C=O) groups is 1.